The summed E-state index contributed by atoms with van der Waals surface area (Å²) in [5, 5.41) is 7.59. The van der Waals surface area contributed by atoms with Crippen LogP contribution in [-0.2, 0) is 0 Å². The van der Waals surface area contributed by atoms with Crippen LogP contribution in [0.15, 0.2) is 0 Å². The second kappa shape index (κ2) is 3.98. The zero-order chi connectivity index (χ0) is 4.83. The summed E-state index contributed by atoms with van der Waals surface area (Å²) in [7, 11) is 0. The molecule has 0 saturated heterocycles. The van der Waals surface area contributed by atoms with Crippen LogP contribution in [0.2, 0.25) is 0 Å². The minimum absolute atomic E-state index is 0.128. The highest BCUT2D eigenvalue weighted by Crippen LogP contribution is 1.66. The van der Waals surface area contributed by atoms with Gasteiger partial charge in [-0.2, -0.15) is 5.26 Å². The van der Waals surface area contributed by atoms with Gasteiger partial charge in [-0.15, -0.1) is 0 Å². The Labute approximate surface area is 35.4 Å². The van der Waals surface area contributed by atoms with Crippen molar-refractivity contribution in [3.8, 4) is 17.9 Å². The molecule has 0 unspecified atom stereocenters. The molecule has 2 heteroatoms. The van der Waals surface area contributed by atoms with E-state index >= 15 is 0 Å². The molecule has 0 aromatic carbocycles. The topological polar surface area (TPSA) is 23.8 Å². The second-order valence-corrected chi connectivity index (χ2v) is 0.490. The average molecular weight is 82.1 g/mol. The van der Waals surface area contributed by atoms with Crippen LogP contribution in [0.1, 0.15) is 0 Å². The van der Waals surface area contributed by atoms with Gasteiger partial charge < -0.3 is 0 Å². The Kier molecular flexibility index (Phi) is 3.30. The first-order valence-corrected chi connectivity index (χ1v) is 1.23. The summed E-state index contributed by atoms with van der Waals surface area (Å²) in [4.78, 5) is 0. The molecule has 0 aliphatic rings. The maximum Gasteiger partial charge on any atom is 0.203 e. The third-order valence-corrected chi connectivity index (χ3v) is 0.183. The Hall–Kier alpha value is -1.02. The molecule has 0 amide bonds. The van der Waals surface area contributed by atoms with E-state index < -0.39 is 0 Å². The maximum absolute atomic E-state index is 10.7. The number of nitrogens with zero attached hydrogens (tertiary/aromatic N) is 1. The van der Waals surface area contributed by atoms with Crippen LogP contribution in [0.4, 0.5) is 4.39 Å². The van der Waals surface area contributed by atoms with Gasteiger partial charge in [0.25, 0.3) is 0 Å². The van der Waals surface area contributed by atoms with Gasteiger partial charge in [0, 0.05) is 5.92 Å². The third kappa shape index (κ3) is 2.98. The monoisotopic (exact) mass is 82.0 g/mol. The quantitative estimate of drug-likeness (QED) is 0.393. The fourth-order valence-corrected chi connectivity index (χ4v) is 0.0596. The van der Waals surface area contributed by atoms with Gasteiger partial charge in [-0.25, -0.2) is 4.39 Å². The second-order valence-electron chi connectivity index (χ2n) is 0.490. The van der Waals surface area contributed by atoms with Crippen molar-refractivity contribution in [3.05, 3.63) is 6.67 Å². The lowest BCUT2D eigenvalue weighted by molar-refractivity contribution is 0.665. The van der Waals surface area contributed by atoms with Crippen LogP contribution in [0.5, 0.6) is 0 Å². The van der Waals surface area contributed by atoms with E-state index in [0.29, 0.717) is 0 Å². The summed E-state index contributed by atoms with van der Waals surface area (Å²) in [6, 6.07) is 1.44. The number of nitriles is 1. The minimum Gasteiger partial charge on any atom is -0.229 e. The fraction of sp³-hybridized carbons (Fsp3) is 0. The van der Waals surface area contributed by atoms with E-state index in [9.17, 15) is 4.39 Å². The number of halogens is 1. The van der Waals surface area contributed by atoms with Crippen molar-refractivity contribution < 1.29 is 4.39 Å². The molecule has 29 valence electrons. The first kappa shape index (κ1) is 4.98. The van der Waals surface area contributed by atoms with E-state index in [4.69, 9.17) is 5.26 Å². The van der Waals surface area contributed by atoms with Crippen molar-refractivity contribution in [3.63, 3.8) is 0 Å². The highest BCUT2D eigenvalue weighted by atomic mass is 19.1. The lowest BCUT2D eigenvalue weighted by Crippen LogP contribution is -1.47. The van der Waals surface area contributed by atoms with Crippen LogP contribution >= 0.6 is 0 Å². The molecule has 0 atom stereocenters. The first-order chi connectivity index (χ1) is 2.91. The molecule has 0 rings (SSSR count). The molecule has 6 heavy (non-hydrogen) atoms. The molecule has 0 aliphatic carbocycles. The molecule has 0 heterocycles. The van der Waals surface area contributed by atoms with Crippen molar-refractivity contribution >= 4 is 0 Å². The SMILES string of the molecule is N#CC#C[CH]F. The summed E-state index contributed by atoms with van der Waals surface area (Å²) in [5.74, 6) is 3.62. The van der Waals surface area contributed by atoms with Gasteiger partial charge in [-0.3, -0.25) is 0 Å². The smallest absolute Gasteiger partial charge is 0.203 e. The Balaban J connectivity index is 3.22. The Morgan fingerprint density at radius 1 is 1.67 bits per heavy atom. The zero-order valence-corrected chi connectivity index (χ0v) is 2.90. The fourth-order valence-electron chi connectivity index (χ4n) is 0.0596. The highest BCUT2D eigenvalue weighted by Gasteiger charge is 1.59. The van der Waals surface area contributed by atoms with Crippen molar-refractivity contribution in [2.45, 2.75) is 0 Å². The zero-order valence-electron chi connectivity index (χ0n) is 2.90. The summed E-state index contributed by atoms with van der Waals surface area (Å²) >= 11 is 0. The summed E-state index contributed by atoms with van der Waals surface area (Å²) in [5.41, 5.74) is 0. The number of rotatable bonds is 0. The lowest BCUT2D eigenvalue weighted by atomic mass is 10.6. The van der Waals surface area contributed by atoms with Gasteiger partial charge in [0.15, 0.2) is 6.07 Å². The molecule has 0 saturated carbocycles. The van der Waals surface area contributed by atoms with Crippen LogP contribution in [-0.4, -0.2) is 0 Å². The molecule has 0 fully saturated rings. The summed E-state index contributed by atoms with van der Waals surface area (Å²) in [6.45, 7) is 0.128. The number of hydrogen-bond acceptors (Lipinski definition) is 1. The van der Waals surface area contributed by atoms with E-state index in [-0.39, 0.29) is 6.67 Å². The van der Waals surface area contributed by atoms with E-state index in [1.54, 1.807) is 5.92 Å². The van der Waals surface area contributed by atoms with Gasteiger partial charge in [0.05, 0.1) is 0 Å². The van der Waals surface area contributed by atoms with Crippen molar-refractivity contribution in [2.24, 2.45) is 0 Å². The molecular formula is C4HFN. The van der Waals surface area contributed by atoms with Crippen molar-refractivity contribution in [1.82, 2.24) is 0 Å². The predicted molar refractivity (Wildman–Crippen MR) is 18.8 cm³/mol. The molecule has 0 N–H and O–H groups in total. The minimum atomic E-state index is 0.128. The van der Waals surface area contributed by atoms with Crippen molar-refractivity contribution in [2.75, 3.05) is 0 Å². The van der Waals surface area contributed by atoms with E-state index in [1.807, 2.05) is 5.92 Å². The predicted octanol–water partition coefficient (Wildman–Crippen LogP) is 0.645. The van der Waals surface area contributed by atoms with E-state index in [2.05, 4.69) is 0 Å². The molecule has 0 bridgehead atoms. The highest BCUT2D eigenvalue weighted by molar-refractivity contribution is 5.19. The van der Waals surface area contributed by atoms with Crippen molar-refractivity contribution in [1.29, 1.82) is 5.26 Å². The first-order valence-electron chi connectivity index (χ1n) is 1.23. The van der Waals surface area contributed by atoms with Gasteiger partial charge in [-0.1, -0.05) is 0 Å². The normalized spacial score (nSPS) is 4.67. The average Bonchev–Trinajstić information content (AvgIpc) is 1.61. The molecule has 0 aromatic rings. The third-order valence-electron chi connectivity index (χ3n) is 0.183. The summed E-state index contributed by atoms with van der Waals surface area (Å²) < 4.78 is 10.7. The van der Waals surface area contributed by atoms with Crippen LogP contribution in [0, 0.1) is 29.8 Å². The Bertz CT molecular complexity index is 112. The van der Waals surface area contributed by atoms with Gasteiger partial charge >= 0.3 is 0 Å². The maximum atomic E-state index is 10.7. The lowest BCUT2D eigenvalue weighted by Gasteiger charge is -1.51. The van der Waals surface area contributed by atoms with Crippen LogP contribution < -0.4 is 0 Å². The standard InChI is InChI=1S/C4HFN/c5-3-1-2-4-6/h3H. The Morgan fingerprint density at radius 2 is 2.33 bits per heavy atom. The van der Waals surface area contributed by atoms with E-state index in [0.717, 1.165) is 0 Å². The van der Waals surface area contributed by atoms with Crippen LogP contribution in [0.25, 0.3) is 0 Å². The molecule has 1 radical (unpaired) electrons. The summed E-state index contributed by atoms with van der Waals surface area (Å²) in [6.07, 6.45) is 0. The Morgan fingerprint density at radius 3 is 2.50 bits per heavy atom. The van der Waals surface area contributed by atoms with Gasteiger partial charge in [0.1, 0.15) is 0 Å². The number of hydrogen-bond donors (Lipinski definition) is 0. The van der Waals surface area contributed by atoms with Gasteiger partial charge in [-0.05, 0) is 5.92 Å². The van der Waals surface area contributed by atoms with Crippen LogP contribution in [0.3, 0.4) is 0 Å². The van der Waals surface area contributed by atoms with E-state index in [1.165, 1.54) is 6.07 Å². The molecule has 0 aromatic heterocycles. The largest absolute Gasteiger partial charge is 0.229 e. The van der Waals surface area contributed by atoms with Gasteiger partial charge in [0.2, 0.25) is 6.67 Å². The molecule has 0 spiro atoms. The molecular weight excluding hydrogens is 81.0 g/mol. The molecule has 0 aliphatic heterocycles. The molecule has 1 nitrogen and oxygen atoms in total.